The van der Waals surface area contributed by atoms with Gasteiger partial charge in [-0.2, -0.15) is 0 Å². The van der Waals surface area contributed by atoms with Crippen LogP contribution in [-0.4, -0.2) is 34.9 Å². The lowest BCUT2D eigenvalue weighted by atomic mass is 10.0. The van der Waals surface area contributed by atoms with Crippen molar-refractivity contribution in [3.63, 3.8) is 0 Å². The zero-order valence-corrected chi connectivity index (χ0v) is 12.4. The second kappa shape index (κ2) is 7.53. The largest absolute Gasteiger partial charge is 0.409 e. The normalized spacial score (nSPS) is 11.4. The Morgan fingerprint density at radius 2 is 2.05 bits per heavy atom. The van der Waals surface area contributed by atoms with E-state index in [2.05, 4.69) is 12.1 Å². The molecule has 5 nitrogen and oxygen atoms in total. The number of carbonyl (C=O) groups excluding carboxylic acids is 1. The molecule has 0 fully saturated rings. The Hall–Kier alpha value is -2.04. The number of benzene rings is 1. The first-order valence-corrected chi connectivity index (χ1v) is 6.78. The number of carbonyl (C=O) groups is 1. The maximum absolute atomic E-state index is 12.2. The third kappa shape index (κ3) is 4.57. The van der Waals surface area contributed by atoms with Crippen molar-refractivity contribution in [3.05, 3.63) is 34.9 Å². The molecule has 20 heavy (non-hydrogen) atoms. The Morgan fingerprint density at radius 3 is 2.60 bits per heavy atom. The fourth-order valence-corrected chi connectivity index (χ4v) is 1.96. The number of rotatable bonds is 6. The summed E-state index contributed by atoms with van der Waals surface area (Å²) in [4.78, 5) is 13.9. The van der Waals surface area contributed by atoms with Crippen LogP contribution < -0.4 is 5.73 Å². The minimum absolute atomic E-state index is 0.0569. The van der Waals surface area contributed by atoms with Crippen molar-refractivity contribution < 1.29 is 10.0 Å². The minimum atomic E-state index is 0.0569. The molecular weight excluding hydrogens is 254 g/mol. The van der Waals surface area contributed by atoms with Crippen LogP contribution in [0.3, 0.4) is 0 Å². The molecule has 0 saturated heterocycles. The van der Waals surface area contributed by atoms with Gasteiger partial charge in [-0.15, -0.1) is 0 Å². The monoisotopic (exact) mass is 277 g/mol. The third-order valence-electron chi connectivity index (χ3n) is 3.43. The van der Waals surface area contributed by atoms with E-state index in [1.54, 1.807) is 4.90 Å². The van der Waals surface area contributed by atoms with Crippen molar-refractivity contribution in [2.24, 2.45) is 10.9 Å². The van der Waals surface area contributed by atoms with E-state index in [-0.39, 0.29) is 11.7 Å². The summed E-state index contributed by atoms with van der Waals surface area (Å²) in [5.74, 6) is 0.198. The summed E-state index contributed by atoms with van der Waals surface area (Å²) in [7, 11) is 0. The zero-order valence-electron chi connectivity index (χ0n) is 12.4. The molecule has 0 unspecified atom stereocenters. The van der Waals surface area contributed by atoms with Gasteiger partial charge in [-0.05, 0) is 37.5 Å². The summed E-state index contributed by atoms with van der Waals surface area (Å²) < 4.78 is 0. The topological polar surface area (TPSA) is 78.9 Å². The second-order valence-corrected chi connectivity index (χ2v) is 4.91. The molecule has 0 aliphatic carbocycles. The highest BCUT2D eigenvalue weighted by Gasteiger charge is 2.13. The number of amidine groups is 1. The van der Waals surface area contributed by atoms with E-state index in [9.17, 15) is 4.79 Å². The average molecular weight is 277 g/mol. The summed E-state index contributed by atoms with van der Waals surface area (Å²) in [6.07, 6.45) is 0.758. The van der Waals surface area contributed by atoms with Gasteiger partial charge in [-0.3, -0.25) is 4.79 Å². The molecule has 1 amide bonds. The van der Waals surface area contributed by atoms with Crippen molar-refractivity contribution >= 4 is 11.7 Å². The fraction of sp³-hybridized carbons (Fsp3) is 0.467. The molecule has 1 aromatic rings. The van der Waals surface area contributed by atoms with E-state index in [0.29, 0.717) is 25.9 Å². The summed E-state index contributed by atoms with van der Waals surface area (Å²) in [6.45, 7) is 7.10. The summed E-state index contributed by atoms with van der Waals surface area (Å²) >= 11 is 0. The second-order valence-electron chi connectivity index (χ2n) is 4.91. The molecule has 0 saturated carbocycles. The van der Waals surface area contributed by atoms with Crippen LogP contribution in [0.15, 0.2) is 23.4 Å². The number of nitrogens with zero attached hydrogens (tertiary/aromatic N) is 2. The minimum Gasteiger partial charge on any atom is -0.409 e. The van der Waals surface area contributed by atoms with E-state index in [1.807, 2.05) is 32.0 Å². The molecule has 110 valence electrons. The number of nitrogens with two attached hydrogens (primary N) is 1. The van der Waals surface area contributed by atoms with Gasteiger partial charge in [0.05, 0.1) is 6.42 Å². The molecule has 3 N–H and O–H groups in total. The average Bonchev–Trinajstić information content (AvgIpc) is 2.43. The van der Waals surface area contributed by atoms with Crippen LogP contribution in [0.1, 0.15) is 30.0 Å². The maximum atomic E-state index is 12.2. The molecule has 1 rings (SSSR count). The number of aryl methyl sites for hydroxylation is 2. The number of hydrogen-bond acceptors (Lipinski definition) is 3. The third-order valence-corrected chi connectivity index (χ3v) is 3.43. The number of likely N-dealkylation sites (N-methyl/N-ethyl adjacent to an activating group) is 1. The van der Waals surface area contributed by atoms with Gasteiger partial charge in [0.25, 0.3) is 0 Å². The first-order chi connectivity index (χ1) is 9.47. The van der Waals surface area contributed by atoms with E-state index in [4.69, 9.17) is 10.9 Å². The van der Waals surface area contributed by atoms with Crippen molar-refractivity contribution in [1.82, 2.24) is 4.90 Å². The molecule has 1 aromatic carbocycles. The smallest absolute Gasteiger partial charge is 0.226 e. The Balaban J connectivity index is 2.64. The van der Waals surface area contributed by atoms with Gasteiger partial charge < -0.3 is 15.8 Å². The standard InChI is InChI=1S/C15H23N3O2/c1-4-18(8-7-14(16)17-20)15(19)10-13-6-5-11(2)12(3)9-13/h5-6,9,20H,4,7-8,10H2,1-3H3,(H2,16,17). The number of oxime groups is 1. The van der Waals surface area contributed by atoms with Crippen molar-refractivity contribution in [1.29, 1.82) is 0 Å². The van der Waals surface area contributed by atoms with Crippen LogP contribution in [-0.2, 0) is 11.2 Å². The van der Waals surface area contributed by atoms with Crippen LogP contribution in [0.25, 0.3) is 0 Å². The molecule has 5 heteroatoms. The van der Waals surface area contributed by atoms with Crippen LogP contribution in [0, 0.1) is 13.8 Å². The summed E-state index contributed by atoms with van der Waals surface area (Å²) in [5, 5.41) is 11.4. The molecule has 0 aromatic heterocycles. The van der Waals surface area contributed by atoms with Crippen LogP contribution in [0.5, 0.6) is 0 Å². The highest BCUT2D eigenvalue weighted by Crippen LogP contribution is 2.11. The van der Waals surface area contributed by atoms with E-state index in [1.165, 1.54) is 11.1 Å². The Kier molecular flexibility index (Phi) is 6.03. The van der Waals surface area contributed by atoms with Gasteiger partial charge in [0.1, 0.15) is 5.84 Å². The highest BCUT2D eigenvalue weighted by atomic mass is 16.4. The highest BCUT2D eigenvalue weighted by molar-refractivity contribution is 5.82. The molecule has 0 atom stereocenters. The van der Waals surface area contributed by atoms with Crippen LogP contribution in [0.2, 0.25) is 0 Å². The molecular formula is C15H23N3O2. The Labute approximate surface area is 120 Å². The number of amides is 1. The van der Waals surface area contributed by atoms with E-state index in [0.717, 1.165) is 5.56 Å². The van der Waals surface area contributed by atoms with E-state index >= 15 is 0 Å². The molecule has 0 radical (unpaired) electrons. The van der Waals surface area contributed by atoms with Crippen molar-refractivity contribution in [2.75, 3.05) is 13.1 Å². The Bertz CT molecular complexity index is 498. The Morgan fingerprint density at radius 1 is 1.35 bits per heavy atom. The SMILES string of the molecule is CCN(CCC(N)=NO)C(=O)Cc1ccc(C)c(C)c1. The zero-order chi connectivity index (χ0) is 15.1. The fourth-order valence-electron chi connectivity index (χ4n) is 1.96. The lowest BCUT2D eigenvalue weighted by molar-refractivity contribution is -0.130. The first-order valence-electron chi connectivity index (χ1n) is 6.78. The number of hydrogen-bond donors (Lipinski definition) is 2. The predicted octanol–water partition coefficient (Wildman–Crippen LogP) is 1.83. The lowest BCUT2D eigenvalue weighted by Crippen LogP contribution is -2.35. The summed E-state index contributed by atoms with van der Waals surface area (Å²) in [6, 6.07) is 6.06. The predicted molar refractivity (Wildman–Crippen MR) is 79.9 cm³/mol. The first kappa shape index (κ1) is 16.0. The summed E-state index contributed by atoms with van der Waals surface area (Å²) in [5.41, 5.74) is 8.85. The van der Waals surface area contributed by atoms with Crippen molar-refractivity contribution in [3.8, 4) is 0 Å². The van der Waals surface area contributed by atoms with Gasteiger partial charge in [0, 0.05) is 19.5 Å². The molecule has 0 aliphatic rings. The van der Waals surface area contributed by atoms with Gasteiger partial charge in [-0.1, -0.05) is 23.4 Å². The quantitative estimate of drug-likeness (QED) is 0.360. The van der Waals surface area contributed by atoms with Crippen LogP contribution in [0.4, 0.5) is 0 Å². The van der Waals surface area contributed by atoms with Gasteiger partial charge in [0.2, 0.25) is 5.91 Å². The van der Waals surface area contributed by atoms with Gasteiger partial charge >= 0.3 is 0 Å². The maximum Gasteiger partial charge on any atom is 0.226 e. The van der Waals surface area contributed by atoms with E-state index < -0.39 is 0 Å². The van der Waals surface area contributed by atoms with Crippen LogP contribution >= 0.6 is 0 Å². The molecule has 0 bridgehead atoms. The molecule has 0 aliphatic heterocycles. The molecule has 0 spiro atoms. The van der Waals surface area contributed by atoms with Gasteiger partial charge in [-0.25, -0.2) is 0 Å². The van der Waals surface area contributed by atoms with Gasteiger partial charge in [0.15, 0.2) is 0 Å². The molecule has 0 heterocycles. The van der Waals surface area contributed by atoms with Crippen molar-refractivity contribution in [2.45, 2.75) is 33.6 Å². The lowest BCUT2D eigenvalue weighted by Gasteiger charge is -2.20.